The molecular formula is C13H23N3O2. The number of hydrogen-bond donors (Lipinski definition) is 1. The van der Waals surface area contributed by atoms with Gasteiger partial charge < -0.3 is 15.1 Å². The molecule has 5 nitrogen and oxygen atoms in total. The standard InChI is InChI=1S/C13H23N3O2/c1-13(2,3)16-9-10(8-11(16)17)14-12(18)15-6-4-5-7-15/h10H,4-9H2,1-3H3,(H,14,18). The van der Waals surface area contributed by atoms with E-state index in [-0.39, 0.29) is 23.5 Å². The Kier molecular flexibility index (Phi) is 3.50. The fraction of sp³-hybridized carbons (Fsp3) is 0.846. The molecule has 0 radical (unpaired) electrons. The summed E-state index contributed by atoms with van der Waals surface area (Å²) in [6, 6.07) is -0.0501. The number of nitrogens with zero attached hydrogens (tertiary/aromatic N) is 2. The minimum Gasteiger partial charge on any atom is -0.336 e. The van der Waals surface area contributed by atoms with Gasteiger partial charge in [-0.15, -0.1) is 0 Å². The van der Waals surface area contributed by atoms with Crippen LogP contribution in [0.15, 0.2) is 0 Å². The van der Waals surface area contributed by atoms with Gasteiger partial charge in [-0.1, -0.05) is 0 Å². The summed E-state index contributed by atoms with van der Waals surface area (Å²) in [7, 11) is 0. The van der Waals surface area contributed by atoms with E-state index in [9.17, 15) is 9.59 Å². The van der Waals surface area contributed by atoms with Gasteiger partial charge in [0.25, 0.3) is 0 Å². The summed E-state index contributed by atoms with van der Waals surface area (Å²) >= 11 is 0. The van der Waals surface area contributed by atoms with Gasteiger partial charge >= 0.3 is 6.03 Å². The number of likely N-dealkylation sites (tertiary alicyclic amines) is 2. The van der Waals surface area contributed by atoms with Crippen LogP contribution in [0.1, 0.15) is 40.0 Å². The van der Waals surface area contributed by atoms with Gasteiger partial charge in [0.15, 0.2) is 0 Å². The van der Waals surface area contributed by atoms with Crippen molar-refractivity contribution < 1.29 is 9.59 Å². The van der Waals surface area contributed by atoms with Crippen LogP contribution in [0.2, 0.25) is 0 Å². The van der Waals surface area contributed by atoms with Gasteiger partial charge in [0.1, 0.15) is 0 Å². The molecule has 5 heteroatoms. The van der Waals surface area contributed by atoms with Crippen LogP contribution in [-0.4, -0.2) is 53.0 Å². The number of urea groups is 1. The number of carbonyl (C=O) groups excluding carboxylic acids is 2. The van der Waals surface area contributed by atoms with Crippen molar-refractivity contribution in [2.24, 2.45) is 0 Å². The Bertz CT molecular complexity index is 343. The van der Waals surface area contributed by atoms with E-state index >= 15 is 0 Å². The Hall–Kier alpha value is -1.26. The lowest BCUT2D eigenvalue weighted by atomic mass is 10.1. The van der Waals surface area contributed by atoms with E-state index in [1.165, 1.54) is 0 Å². The van der Waals surface area contributed by atoms with Crippen LogP contribution in [0.4, 0.5) is 4.79 Å². The number of amides is 3. The van der Waals surface area contributed by atoms with Crippen molar-refractivity contribution in [1.29, 1.82) is 0 Å². The fourth-order valence-corrected chi connectivity index (χ4v) is 2.64. The van der Waals surface area contributed by atoms with Gasteiger partial charge in [0, 0.05) is 31.6 Å². The molecule has 1 N–H and O–H groups in total. The van der Waals surface area contributed by atoms with Crippen molar-refractivity contribution in [2.75, 3.05) is 19.6 Å². The topological polar surface area (TPSA) is 52.7 Å². The fourth-order valence-electron chi connectivity index (χ4n) is 2.64. The SMILES string of the molecule is CC(C)(C)N1CC(NC(=O)N2CCCC2)CC1=O. The van der Waals surface area contributed by atoms with Crippen LogP contribution in [0.3, 0.4) is 0 Å². The van der Waals surface area contributed by atoms with E-state index in [0.717, 1.165) is 25.9 Å². The normalized spacial score (nSPS) is 24.8. The van der Waals surface area contributed by atoms with E-state index in [0.29, 0.717) is 13.0 Å². The summed E-state index contributed by atoms with van der Waals surface area (Å²) in [5, 5.41) is 2.98. The van der Waals surface area contributed by atoms with Crippen molar-refractivity contribution in [2.45, 2.75) is 51.6 Å². The predicted molar refractivity (Wildman–Crippen MR) is 69.2 cm³/mol. The molecule has 2 saturated heterocycles. The molecule has 2 fully saturated rings. The zero-order valence-corrected chi connectivity index (χ0v) is 11.5. The molecule has 2 aliphatic heterocycles. The summed E-state index contributed by atoms with van der Waals surface area (Å²) in [6.45, 7) is 8.38. The highest BCUT2D eigenvalue weighted by atomic mass is 16.2. The van der Waals surface area contributed by atoms with E-state index in [1.807, 2.05) is 30.6 Å². The maximum absolute atomic E-state index is 11.9. The Morgan fingerprint density at radius 3 is 2.39 bits per heavy atom. The molecule has 1 atom stereocenters. The maximum atomic E-state index is 11.9. The summed E-state index contributed by atoms with van der Waals surface area (Å²) < 4.78 is 0. The molecule has 18 heavy (non-hydrogen) atoms. The summed E-state index contributed by atoms with van der Waals surface area (Å²) in [4.78, 5) is 27.5. The monoisotopic (exact) mass is 253 g/mol. The third-order valence-electron chi connectivity index (χ3n) is 3.66. The van der Waals surface area contributed by atoms with Crippen molar-refractivity contribution in [3.63, 3.8) is 0 Å². The lowest BCUT2D eigenvalue weighted by Gasteiger charge is -2.32. The van der Waals surface area contributed by atoms with Crippen LogP contribution >= 0.6 is 0 Å². The molecule has 0 spiro atoms. The molecule has 102 valence electrons. The minimum atomic E-state index is -0.162. The second-order valence-corrected chi connectivity index (χ2v) is 6.22. The highest BCUT2D eigenvalue weighted by Crippen LogP contribution is 2.22. The number of nitrogens with one attached hydrogen (secondary N) is 1. The van der Waals surface area contributed by atoms with Crippen molar-refractivity contribution in [3.05, 3.63) is 0 Å². The van der Waals surface area contributed by atoms with Crippen molar-refractivity contribution >= 4 is 11.9 Å². The summed E-state index contributed by atoms with van der Waals surface area (Å²) in [6.07, 6.45) is 2.60. The van der Waals surface area contributed by atoms with Gasteiger partial charge in [-0.2, -0.15) is 0 Å². The smallest absolute Gasteiger partial charge is 0.317 e. The van der Waals surface area contributed by atoms with Gasteiger partial charge in [-0.05, 0) is 33.6 Å². The Labute approximate surface area is 108 Å². The highest BCUT2D eigenvalue weighted by molar-refractivity contribution is 5.82. The molecule has 0 aromatic carbocycles. The van der Waals surface area contributed by atoms with Crippen LogP contribution < -0.4 is 5.32 Å². The lowest BCUT2D eigenvalue weighted by Crippen LogP contribution is -2.47. The average Bonchev–Trinajstić information content (AvgIpc) is 2.85. The van der Waals surface area contributed by atoms with E-state index < -0.39 is 0 Å². The summed E-state index contributed by atoms with van der Waals surface area (Å²) in [5.41, 5.74) is -0.162. The van der Waals surface area contributed by atoms with Crippen LogP contribution in [0.5, 0.6) is 0 Å². The van der Waals surface area contributed by atoms with E-state index in [2.05, 4.69) is 5.32 Å². The predicted octanol–water partition coefficient (Wildman–Crippen LogP) is 1.19. The van der Waals surface area contributed by atoms with Gasteiger partial charge in [-0.25, -0.2) is 4.79 Å². The first-order valence-electron chi connectivity index (χ1n) is 6.74. The third kappa shape index (κ3) is 2.76. The second kappa shape index (κ2) is 4.78. The number of rotatable bonds is 1. The van der Waals surface area contributed by atoms with Crippen LogP contribution in [-0.2, 0) is 4.79 Å². The quantitative estimate of drug-likeness (QED) is 0.763. The lowest BCUT2D eigenvalue weighted by molar-refractivity contribution is -0.131. The molecule has 2 rings (SSSR count). The largest absolute Gasteiger partial charge is 0.336 e. The van der Waals surface area contributed by atoms with Gasteiger partial charge in [0.05, 0.1) is 6.04 Å². The second-order valence-electron chi connectivity index (χ2n) is 6.22. The number of hydrogen-bond acceptors (Lipinski definition) is 2. The zero-order chi connectivity index (χ0) is 13.3. The molecule has 2 aliphatic rings. The Morgan fingerprint density at radius 2 is 1.89 bits per heavy atom. The van der Waals surface area contributed by atoms with Crippen molar-refractivity contribution in [3.8, 4) is 0 Å². The third-order valence-corrected chi connectivity index (χ3v) is 3.66. The maximum Gasteiger partial charge on any atom is 0.317 e. The molecule has 0 saturated carbocycles. The van der Waals surface area contributed by atoms with Crippen LogP contribution in [0.25, 0.3) is 0 Å². The van der Waals surface area contributed by atoms with E-state index in [4.69, 9.17) is 0 Å². The molecule has 0 aromatic rings. The molecule has 3 amide bonds. The van der Waals surface area contributed by atoms with Gasteiger partial charge in [-0.3, -0.25) is 4.79 Å². The average molecular weight is 253 g/mol. The molecule has 0 bridgehead atoms. The highest BCUT2D eigenvalue weighted by Gasteiger charge is 2.37. The first-order chi connectivity index (χ1) is 8.38. The van der Waals surface area contributed by atoms with Crippen molar-refractivity contribution in [1.82, 2.24) is 15.1 Å². The van der Waals surface area contributed by atoms with E-state index in [1.54, 1.807) is 0 Å². The Morgan fingerprint density at radius 1 is 1.28 bits per heavy atom. The van der Waals surface area contributed by atoms with Gasteiger partial charge in [0.2, 0.25) is 5.91 Å². The Balaban J connectivity index is 1.88. The first kappa shape index (κ1) is 13.2. The molecule has 2 heterocycles. The zero-order valence-electron chi connectivity index (χ0n) is 11.5. The molecule has 0 aliphatic carbocycles. The number of carbonyl (C=O) groups is 2. The molecular weight excluding hydrogens is 230 g/mol. The first-order valence-corrected chi connectivity index (χ1v) is 6.74. The van der Waals surface area contributed by atoms with Crippen LogP contribution in [0, 0.1) is 0 Å². The summed E-state index contributed by atoms with van der Waals surface area (Å²) in [5.74, 6) is 0.134. The minimum absolute atomic E-state index is 0.0129. The molecule has 1 unspecified atom stereocenters. The molecule has 0 aromatic heterocycles.